The van der Waals surface area contributed by atoms with Gasteiger partial charge in [0.15, 0.2) is 0 Å². The Bertz CT molecular complexity index is 958. The van der Waals surface area contributed by atoms with Gasteiger partial charge in [0.2, 0.25) is 10.0 Å². The van der Waals surface area contributed by atoms with Gasteiger partial charge in [-0.15, -0.1) is 0 Å². The van der Waals surface area contributed by atoms with Crippen LogP contribution < -0.4 is 4.72 Å². The number of alkyl halides is 3. The van der Waals surface area contributed by atoms with Crippen LogP contribution in [0.25, 0.3) is 0 Å². The van der Waals surface area contributed by atoms with Crippen LogP contribution in [0.3, 0.4) is 0 Å². The van der Waals surface area contributed by atoms with E-state index in [1.54, 1.807) is 6.07 Å². The standard InChI is InChI=1S/C15H14F3NO5S2/c16-15(17,18)12-5-4-8-14(11-12)25(20,21)19-9-10-24-26(22,23)13-6-2-1-3-7-13/h1-8,11,19H,9-10H2. The fraction of sp³-hybridized carbons (Fsp3) is 0.200. The van der Waals surface area contributed by atoms with Crippen LogP contribution in [-0.2, 0) is 30.5 Å². The fourth-order valence-corrected chi connectivity index (χ4v) is 3.89. The van der Waals surface area contributed by atoms with Gasteiger partial charge in [0.25, 0.3) is 10.1 Å². The molecule has 0 saturated heterocycles. The zero-order valence-electron chi connectivity index (χ0n) is 13.1. The molecule has 0 heterocycles. The summed E-state index contributed by atoms with van der Waals surface area (Å²) in [5.41, 5.74) is -1.11. The summed E-state index contributed by atoms with van der Waals surface area (Å²) in [7, 11) is -8.30. The molecule has 0 radical (unpaired) electrons. The van der Waals surface area contributed by atoms with Gasteiger partial charge in [0, 0.05) is 6.54 Å². The first-order valence-electron chi connectivity index (χ1n) is 7.14. The molecular weight excluding hydrogens is 395 g/mol. The first-order chi connectivity index (χ1) is 12.0. The van der Waals surface area contributed by atoms with Crippen LogP contribution in [0.4, 0.5) is 13.2 Å². The number of hydrogen-bond acceptors (Lipinski definition) is 5. The topological polar surface area (TPSA) is 89.5 Å². The summed E-state index contributed by atoms with van der Waals surface area (Å²) in [4.78, 5) is -0.682. The molecule has 0 fully saturated rings. The Morgan fingerprint density at radius 2 is 1.50 bits per heavy atom. The second kappa shape index (κ2) is 7.74. The van der Waals surface area contributed by atoms with Gasteiger partial charge >= 0.3 is 6.18 Å². The van der Waals surface area contributed by atoms with E-state index < -0.39 is 49.9 Å². The predicted octanol–water partition coefficient (Wildman–Crippen LogP) is 2.39. The maximum atomic E-state index is 12.7. The van der Waals surface area contributed by atoms with Crippen molar-refractivity contribution in [1.82, 2.24) is 4.72 Å². The van der Waals surface area contributed by atoms with Crippen molar-refractivity contribution in [3.63, 3.8) is 0 Å². The summed E-state index contributed by atoms with van der Waals surface area (Å²) in [5, 5.41) is 0. The van der Waals surface area contributed by atoms with Gasteiger partial charge in [0.05, 0.1) is 22.0 Å². The monoisotopic (exact) mass is 409 g/mol. The first-order valence-corrected chi connectivity index (χ1v) is 10.0. The maximum Gasteiger partial charge on any atom is 0.416 e. The molecule has 1 N–H and O–H groups in total. The van der Waals surface area contributed by atoms with Gasteiger partial charge in [-0.3, -0.25) is 4.18 Å². The van der Waals surface area contributed by atoms with E-state index in [4.69, 9.17) is 4.18 Å². The number of rotatable bonds is 7. The smallest absolute Gasteiger partial charge is 0.265 e. The Morgan fingerprint density at radius 1 is 0.885 bits per heavy atom. The molecule has 0 aromatic heterocycles. The average molecular weight is 409 g/mol. The molecule has 0 aliphatic heterocycles. The number of benzene rings is 2. The van der Waals surface area contributed by atoms with Crippen molar-refractivity contribution in [2.45, 2.75) is 16.0 Å². The lowest BCUT2D eigenvalue weighted by Crippen LogP contribution is -2.28. The SMILES string of the molecule is O=S(=O)(NCCOS(=O)(=O)c1ccccc1)c1cccc(C(F)(F)F)c1. The van der Waals surface area contributed by atoms with Crippen molar-refractivity contribution in [3.8, 4) is 0 Å². The third-order valence-electron chi connectivity index (χ3n) is 3.14. The van der Waals surface area contributed by atoms with Crippen molar-refractivity contribution >= 4 is 20.1 Å². The van der Waals surface area contributed by atoms with Gasteiger partial charge in [-0.1, -0.05) is 24.3 Å². The fourth-order valence-electron chi connectivity index (χ4n) is 1.91. The third-order valence-corrected chi connectivity index (χ3v) is 5.92. The van der Waals surface area contributed by atoms with E-state index in [9.17, 15) is 30.0 Å². The highest BCUT2D eigenvalue weighted by Crippen LogP contribution is 2.30. The molecule has 0 saturated carbocycles. The molecule has 0 bridgehead atoms. The summed E-state index contributed by atoms with van der Waals surface area (Å²) in [6.07, 6.45) is -4.68. The lowest BCUT2D eigenvalue weighted by Gasteiger charge is -2.10. The molecule has 2 aromatic carbocycles. The highest BCUT2D eigenvalue weighted by Gasteiger charge is 2.31. The van der Waals surface area contributed by atoms with Crippen LogP contribution in [-0.4, -0.2) is 30.0 Å². The Balaban J connectivity index is 1.99. The van der Waals surface area contributed by atoms with Crippen LogP contribution in [0.2, 0.25) is 0 Å². The van der Waals surface area contributed by atoms with Crippen molar-refractivity contribution in [2.24, 2.45) is 0 Å². The summed E-state index contributed by atoms with van der Waals surface area (Å²) >= 11 is 0. The summed E-state index contributed by atoms with van der Waals surface area (Å²) in [5.74, 6) is 0. The minimum atomic E-state index is -4.68. The van der Waals surface area contributed by atoms with Gasteiger partial charge in [0.1, 0.15) is 0 Å². The summed E-state index contributed by atoms with van der Waals surface area (Å²) < 4.78 is 92.4. The minimum Gasteiger partial charge on any atom is -0.265 e. The quantitative estimate of drug-likeness (QED) is 0.560. The van der Waals surface area contributed by atoms with E-state index in [0.717, 1.165) is 18.2 Å². The van der Waals surface area contributed by atoms with Crippen LogP contribution in [0.1, 0.15) is 5.56 Å². The minimum absolute atomic E-state index is 0.0965. The van der Waals surface area contributed by atoms with Gasteiger partial charge in [-0.05, 0) is 30.3 Å². The normalized spacial score (nSPS) is 12.9. The lowest BCUT2D eigenvalue weighted by molar-refractivity contribution is -0.137. The van der Waals surface area contributed by atoms with E-state index in [-0.39, 0.29) is 4.90 Å². The van der Waals surface area contributed by atoms with E-state index in [0.29, 0.717) is 6.07 Å². The Morgan fingerprint density at radius 3 is 2.12 bits per heavy atom. The zero-order chi connectivity index (χ0) is 19.4. The molecule has 26 heavy (non-hydrogen) atoms. The van der Waals surface area contributed by atoms with E-state index in [2.05, 4.69) is 0 Å². The van der Waals surface area contributed by atoms with Crippen molar-refractivity contribution in [2.75, 3.05) is 13.2 Å². The zero-order valence-corrected chi connectivity index (χ0v) is 14.7. The first kappa shape index (κ1) is 20.4. The molecule has 0 spiro atoms. The molecule has 0 amide bonds. The number of nitrogens with one attached hydrogen (secondary N) is 1. The molecule has 0 unspecified atom stereocenters. The highest BCUT2D eigenvalue weighted by molar-refractivity contribution is 7.89. The van der Waals surface area contributed by atoms with Gasteiger partial charge in [-0.2, -0.15) is 21.6 Å². The summed E-state index contributed by atoms with van der Waals surface area (Å²) in [6, 6.07) is 10.4. The van der Waals surface area contributed by atoms with Gasteiger partial charge in [-0.25, -0.2) is 13.1 Å². The predicted molar refractivity (Wildman–Crippen MR) is 86.2 cm³/mol. The molecular formula is C15H14F3NO5S2. The largest absolute Gasteiger partial charge is 0.416 e. The molecule has 6 nitrogen and oxygen atoms in total. The van der Waals surface area contributed by atoms with E-state index in [1.807, 2.05) is 4.72 Å². The lowest BCUT2D eigenvalue weighted by atomic mass is 10.2. The number of halogens is 3. The van der Waals surface area contributed by atoms with Crippen LogP contribution >= 0.6 is 0 Å². The third kappa shape index (κ3) is 5.27. The molecule has 0 atom stereocenters. The maximum absolute atomic E-state index is 12.7. The molecule has 142 valence electrons. The van der Waals surface area contributed by atoms with Crippen molar-refractivity contribution in [1.29, 1.82) is 0 Å². The number of sulfonamides is 1. The van der Waals surface area contributed by atoms with E-state index >= 15 is 0 Å². The van der Waals surface area contributed by atoms with Crippen molar-refractivity contribution < 1.29 is 34.2 Å². The molecule has 2 rings (SSSR count). The highest BCUT2D eigenvalue weighted by atomic mass is 32.2. The molecule has 0 aliphatic rings. The van der Waals surface area contributed by atoms with Crippen LogP contribution in [0.5, 0.6) is 0 Å². The van der Waals surface area contributed by atoms with Crippen LogP contribution in [0, 0.1) is 0 Å². The Hall–Kier alpha value is -1.95. The second-order valence-corrected chi connectivity index (χ2v) is 8.39. The number of hydrogen-bond donors (Lipinski definition) is 1. The molecule has 11 heteroatoms. The second-order valence-electron chi connectivity index (χ2n) is 5.01. The van der Waals surface area contributed by atoms with Crippen LogP contribution in [0.15, 0.2) is 64.4 Å². The summed E-state index contributed by atoms with van der Waals surface area (Å²) in [6.45, 7) is -0.958. The average Bonchev–Trinajstić information content (AvgIpc) is 2.59. The van der Waals surface area contributed by atoms with Gasteiger partial charge < -0.3 is 0 Å². The Kier molecular flexibility index (Phi) is 6.06. The van der Waals surface area contributed by atoms with E-state index in [1.165, 1.54) is 24.3 Å². The Labute approximate surface area is 148 Å². The molecule has 2 aromatic rings. The van der Waals surface area contributed by atoms with Crippen molar-refractivity contribution in [3.05, 3.63) is 60.2 Å². The molecule has 0 aliphatic carbocycles.